The van der Waals surface area contributed by atoms with E-state index in [-0.39, 0.29) is 11.9 Å². The summed E-state index contributed by atoms with van der Waals surface area (Å²) in [5.41, 5.74) is 1.05. The van der Waals surface area contributed by atoms with Crippen LogP contribution < -0.4 is 4.90 Å². The van der Waals surface area contributed by atoms with E-state index in [0.29, 0.717) is 18.3 Å². The molecule has 132 valence electrons. The fraction of sp³-hybridized carbons (Fsp3) is 0.529. The number of fused-ring (bicyclic) bond motifs is 1. The van der Waals surface area contributed by atoms with E-state index in [1.807, 2.05) is 4.90 Å². The second kappa shape index (κ2) is 6.78. The highest BCUT2D eigenvalue weighted by atomic mass is 19.1. The molecule has 0 aliphatic carbocycles. The number of rotatable bonds is 4. The number of aromatic amines is 1. The van der Waals surface area contributed by atoms with Crippen LogP contribution in [0.5, 0.6) is 0 Å². The zero-order chi connectivity index (χ0) is 17.2. The molecule has 2 aliphatic rings. The van der Waals surface area contributed by atoms with Gasteiger partial charge in [-0.15, -0.1) is 0 Å². The number of imidazole rings is 1. The highest BCUT2D eigenvalue weighted by molar-refractivity contribution is 5.77. The lowest BCUT2D eigenvalue weighted by molar-refractivity contribution is -0.139. The summed E-state index contributed by atoms with van der Waals surface area (Å²) in [6.07, 6.45) is 9.03. The lowest BCUT2D eigenvalue weighted by Gasteiger charge is -2.47. The van der Waals surface area contributed by atoms with Crippen molar-refractivity contribution in [2.45, 2.75) is 31.7 Å². The van der Waals surface area contributed by atoms with Gasteiger partial charge in [0.05, 0.1) is 18.7 Å². The molecule has 4 heterocycles. The summed E-state index contributed by atoms with van der Waals surface area (Å²) in [5.74, 6) is 0.793. The molecule has 2 aromatic heterocycles. The SMILES string of the molecule is O=C1CC[C@H]2CN(c3ncc(F)cn3)CC[C@H]2N1CCc1cnc[nH]1. The van der Waals surface area contributed by atoms with Crippen molar-refractivity contribution in [1.29, 1.82) is 0 Å². The number of likely N-dealkylation sites (tertiary alicyclic amines) is 1. The number of H-pyrrole nitrogens is 1. The van der Waals surface area contributed by atoms with Crippen LogP contribution in [0.25, 0.3) is 0 Å². The van der Waals surface area contributed by atoms with E-state index >= 15 is 0 Å². The Hall–Kier alpha value is -2.51. The summed E-state index contributed by atoms with van der Waals surface area (Å²) < 4.78 is 13.0. The first-order valence-electron chi connectivity index (χ1n) is 8.70. The predicted molar refractivity (Wildman–Crippen MR) is 89.3 cm³/mol. The third-order valence-corrected chi connectivity index (χ3v) is 5.21. The van der Waals surface area contributed by atoms with Crippen molar-refractivity contribution in [3.8, 4) is 0 Å². The van der Waals surface area contributed by atoms with Crippen molar-refractivity contribution in [2.75, 3.05) is 24.5 Å². The van der Waals surface area contributed by atoms with Gasteiger partial charge in [0, 0.05) is 50.4 Å². The fourth-order valence-corrected chi connectivity index (χ4v) is 3.95. The van der Waals surface area contributed by atoms with Gasteiger partial charge in [-0.1, -0.05) is 0 Å². The maximum Gasteiger partial charge on any atom is 0.225 e. The molecule has 0 radical (unpaired) electrons. The zero-order valence-electron chi connectivity index (χ0n) is 13.9. The molecule has 0 aromatic carbocycles. The second-order valence-electron chi connectivity index (χ2n) is 6.72. The van der Waals surface area contributed by atoms with Gasteiger partial charge in [0.25, 0.3) is 0 Å². The normalized spacial score (nSPS) is 23.6. The molecule has 25 heavy (non-hydrogen) atoms. The number of halogens is 1. The highest BCUT2D eigenvalue weighted by Crippen LogP contribution is 2.32. The van der Waals surface area contributed by atoms with Gasteiger partial charge in [0.1, 0.15) is 0 Å². The van der Waals surface area contributed by atoms with Crippen LogP contribution in [-0.2, 0) is 11.2 Å². The Morgan fingerprint density at radius 2 is 2.08 bits per heavy atom. The third-order valence-electron chi connectivity index (χ3n) is 5.21. The average Bonchev–Trinajstić information content (AvgIpc) is 3.15. The lowest BCUT2D eigenvalue weighted by Crippen LogP contribution is -2.56. The lowest BCUT2D eigenvalue weighted by atomic mass is 9.83. The van der Waals surface area contributed by atoms with Crippen molar-refractivity contribution in [2.24, 2.45) is 5.92 Å². The van der Waals surface area contributed by atoms with Crippen LogP contribution in [0.2, 0.25) is 0 Å². The van der Waals surface area contributed by atoms with Gasteiger partial charge >= 0.3 is 0 Å². The Bertz CT molecular complexity index is 719. The van der Waals surface area contributed by atoms with Crippen molar-refractivity contribution in [1.82, 2.24) is 24.8 Å². The first kappa shape index (κ1) is 16.0. The molecule has 1 N–H and O–H groups in total. The number of hydrogen-bond acceptors (Lipinski definition) is 5. The molecule has 2 fully saturated rings. The second-order valence-corrected chi connectivity index (χ2v) is 6.72. The summed E-state index contributed by atoms with van der Waals surface area (Å²) in [4.78, 5) is 31.9. The quantitative estimate of drug-likeness (QED) is 0.907. The van der Waals surface area contributed by atoms with Gasteiger partial charge < -0.3 is 14.8 Å². The van der Waals surface area contributed by atoms with Crippen molar-refractivity contribution in [3.05, 3.63) is 36.4 Å². The zero-order valence-corrected chi connectivity index (χ0v) is 13.9. The molecule has 0 saturated carbocycles. The van der Waals surface area contributed by atoms with E-state index in [2.05, 4.69) is 24.8 Å². The van der Waals surface area contributed by atoms with Gasteiger partial charge in [-0.3, -0.25) is 4.79 Å². The van der Waals surface area contributed by atoms with Crippen molar-refractivity contribution >= 4 is 11.9 Å². The Kier molecular flexibility index (Phi) is 4.33. The van der Waals surface area contributed by atoms with E-state index < -0.39 is 5.82 Å². The summed E-state index contributed by atoms with van der Waals surface area (Å²) in [7, 11) is 0. The van der Waals surface area contributed by atoms with Crippen LogP contribution in [0.15, 0.2) is 24.9 Å². The maximum absolute atomic E-state index is 13.0. The smallest absolute Gasteiger partial charge is 0.225 e. The summed E-state index contributed by atoms with van der Waals surface area (Å²) in [6, 6.07) is 0.265. The average molecular weight is 344 g/mol. The van der Waals surface area contributed by atoms with Gasteiger partial charge in [0.15, 0.2) is 5.82 Å². The van der Waals surface area contributed by atoms with Crippen LogP contribution in [0.3, 0.4) is 0 Å². The summed E-state index contributed by atoms with van der Waals surface area (Å²) >= 11 is 0. The number of hydrogen-bond donors (Lipinski definition) is 1. The van der Waals surface area contributed by atoms with Crippen molar-refractivity contribution in [3.63, 3.8) is 0 Å². The Morgan fingerprint density at radius 3 is 2.84 bits per heavy atom. The molecular formula is C17H21FN6O. The molecule has 1 amide bonds. The Morgan fingerprint density at radius 1 is 1.24 bits per heavy atom. The van der Waals surface area contributed by atoms with Gasteiger partial charge in [-0.25, -0.2) is 19.3 Å². The van der Waals surface area contributed by atoms with E-state index in [4.69, 9.17) is 0 Å². The molecule has 4 rings (SSSR count). The molecule has 0 unspecified atom stereocenters. The van der Waals surface area contributed by atoms with Crippen LogP contribution in [0.4, 0.5) is 10.3 Å². The summed E-state index contributed by atoms with van der Waals surface area (Å²) in [5, 5.41) is 0. The molecule has 2 aromatic rings. The van der Waals surface area contributed by atoms with Crippen LogP contribution >= 0.6 is 0 Å². The number of amides is 1. The molecule has 8 heteroatoms. The number of anilines is 1. The molecule has 0 spiro atoms. The molecule has 0 bridgehead atoms. The highest BCUT2D eigenvalue weighted by Gasteiger charge is 2.39. The van der Waals surface area contributed by atoms with Gasteiger partial charge in [-0.05, 0) is 18.8 Å². The molecule has 7 nitrogen and oxygen atoms in total. The Balaban J connectivity index is 1.43. The predicted octanol–water partition coefficient (Wildman–Crippen LogP) is 1.40. The number of nitrogens with one attached hydrogen (secondary N) is 1. The van der Waals surface area contributed by atoms with Crippen LogP contribution in [0.1, 0.15) is 25.0 Å². The van der Waals surface area contributed by atoms with E-state index in [1.54, 1.807) is 12.5 Å². The third kappa shape index (κ3) is 3.33. The minimum atomic E-state index is -0.424. The Labute approximate surface area is 145 Å². The standard InChI is InChI=1S/C17H21FN6O/c18-13-7-20-17(21-8-13)23-5-4-15-12(10-23)1-2-16(25)24(15)6-3-14-9-19-11-22-14/h7-9,11-12,15H,1-6,10H2,(H,19,22)/t12-,15+/m0/s1. The van der Waals surface area contributed by atoms with Crippen LogP contribution in [-0.4, -0.2) is 56.4 Å². The minimum absolute atomic E-state index is 0.243. The van der Waals surface area contributed by atoms with Crippen molar-refractivity contribution < 1.29 is 9.18 Å². The first-order chi connectivity index (χ1) is 12.2. The number of aromatic nitrogens is 4. The topological polar surface area (TPSA) is 78.0 Å². The fourth-order valence-electron chi connectivity index (χ4n) is 3.95. The van der Waals surface area contributed by atoms with E-state index in [0.717, 1.165) is 44.6 Å². The van der Waals surface area contributed by atoms with E-state index in [1.165, 1.54) is 12.4 Å². The number of carbonyl (C=O) groups is 1. The van der Waals surface area contributed by atoms with E-state index in [9.17, 15) is 9.18 Å². The molecule has 2 saturated heterocycles. The number of nitrogens with zero attached hydrogens (tertiary/aromatic N) is 5. The number of piperidine rings is 2. The molecule has 2 aliphatic heterocycles. The van der Waals surface area contributed by atoms with Gasteiger partial charge in [-0.2, -0.15) is 0 Å². The van der Waals surface area contributed by atoms with Gasteiger partial charge in [0.2, 0.25) is 11.9 Å². The van der Waals surface area contributed by atoms with Crippen LogP contribution in [0, 0.1) is 11.7 Å². The molecular weight excluding hydrogens is 323 g/mol. The molecule has 2 atom stereocenters. The first-order valence-corrected chi connectivity index (χ1v) is 8.70. The largest absolute Gasteiger partial charge is 0.348 e. The number of carbonyl (C=O) groups excluding carboxylic acids is 1. The summed E-state index contributed by atoms with van der Waals surface area (Å²) in [6.45, 7) is 2.31. The minimum Gasteiger partial charge on any atom is -0.348 e. The maximum atomic E-state index is 13.0. The monoisotopic (exact) mass is 344 g/mol.